The summed E-state index contributed by atoms with van der Waals surface area (Å²) in [6.45, 7) is 17.5. The molecule has 0 radical (unpaired) electrons. The molecule has 1 N–H and O–H groups in total. The molecule has 1 rings (SSSR count). The van der Waals surface area contributed by atoms with E-state index < -0.39 is 0 Å². The number of rotatable bonds is 4. The summed E-state index contributed by atoms with van der Waals surface area (Å²) in [5.41, 5.74) is 0.242. The lowest BCUT2D eigenvalue weighted by molar-refractivity contribution is 0.184. The molecule has 1 fully saturated rings. The molecule has 16 heavy (non-hydrogen) atoms. The van der Waals surface area contributed by atoms with E-state index in [-0.39, 0.29) is 5.54 Å². The molecule has 1 aliphatic rings. The third-order valence-electron chi connectivity index (χ3n) is 3.81. The average molecular weight is 226 g/mol. The Kier molecular flexibility index (Phi) is 4.81. The Hall–Kier alpha value is -0.0800. The molecule has 0 saturated carbocycles. The van der Waals surface area contributed by atoms with Gasteiger partial charge in [-0.05, 0) is 59.0 Å². The fourth-order valence-electron chi connectivity index (χ4n) is 2.34. The van der Waals surface area contributed by atoms with Gasteiger partial charge in [-0.2, -0.15) is 0 Å². The van der Waals surface area contributed by atoms with Gasteiger partial charge < -0.3 is 10.2 Å². The van der Waals surface area contributed by atoms with Crippen molar-refractivity contribution in [2.75, 3.05) is 19.6 Å². The second-order valence-corrected chi connectivity index (χ2v) is 6.74. The van der Waals surface area contributed by atoms with Gasteiger partial charge in [0.1, 0.15) is 0 Å². The van der Waals surface area contributed by atoms with E-state index in [1.807, 2.05) is 0 Å². The summed E-state index contributed by atoms with van der Waals surface area (Å²) in [7, 11) is 0. The minimum atomic E-state index is 0.242. The zero-order chi connectivity index (χ0) is 12.3. The van der Waals surface area contributed by atoms with E-state index >= 15 is 0 Å². The van der Waals surface area contributed by atoms with Crippen molar-refractivity contribution in [2.45, 2.75) is 59.5 Å². The number of nitrogens with zero attached hydrogens (tertiary/aromatic N) is 1. The molecular formula is C14H30N2. The van der Waals surface area contributed by atoms with Gasteiger partial charge in [-0.1, -0.05) is 13.8 Å². The van der Waals surface area contributed by atoms with Crippen LogP contribution in [0.15, 0.2) is 0 Å². The summed E-state index contributed by atoms with van der Waals surface area (Å²) in [4.78, 5) is 2.65. The minimum Gasteiger partial charge on any atom is -0.312 e. The van der Waals surface area contributed by atoms with Crippen LogP contribution in [0.5, 0.6) is 0 Å². The molecule has 0 amide bonds. The first kappa shape index (κ1) is 14.0. The van der Waals surface area contributed by atoms with E-state index in [1.165, 1.54) is 19.5 Å². The SMILES string of the molecule is CC1CCN(C(C)C(C)CNC(C)(C)C)C1. The van der Waals surface area contributed by atoms with Gasteiger partial charge >= 0.3 is 0 Å². The Balaban J connectivity index is 2.33. The third-order valence-corrected chi connectivity index (χ3v) is 3.81. The standard InChI is InChI=1S/C14H30N2/c1-11-7-8-16(10-11)13(3)12(2)9-15-14(4,5)6/h11-13,15H,7-10H2,1-6H3. The Bertz CT molecular complexity index is 207. The van der Waals surface area contributed by atoms with Crippen LogP contribution in [0.25, 0.3) is 0 Å². The smallest absolute Gasteiger partial charge is 0.0105 e. The van der Waals surface area contributed by atoms with Crippen molar-refractivity contribution in [3.8, 4) is 0 Å². The van der Waals surface area contributed by atoms with Crippen LogP contribution in [0.1, 0.15) is 48.0 Å². The maximum Gasteiger partial charge on any atom is 0.0105 e. The van der Waals surface area contributed by atoms with Crippen LogP contribution >= 0.6 is 0 Å². The van der Waals surface area contributed by atoms with E-state index in [1.54, 1.807) is 0 Å². The molecule has 0 aromatic carbocycles. The van der Waals surface area contributed by atoms with Crippen molar-refractivity contribution >= 4 is 0 Å². The van der Waals surface area contributed by atoms with Gasteiger partial charge in [0, 0.05) is 18.1 Å². The van der Waals surface area contributed by atoms with Crippen molar-refractivity contribution in [2.24, 2.45) is 11.8 Å². The van der Waals surface area contributed by atoms with Crippen LogP contribution in [0, 0.1) is 11.8 Å². The van der Waals surface area contributed by atoms with Crippen molar-refractivity contribution in [1.29, 1.82) is 0 Å². The summed E-state index contributed by atoms with van der Waals surface area (Å²) in [6.07, 6.45) is 1.38. The van der Waals surface area contributed by atoms with Gasteiger partial charge in [0.05, 0.1) is 0 Å². The molecule has 2 heteroatoms. The van der Waals surface area contributed by atoms with Crippen molar-refractivity contribution < 1.29 is 0 Å². The number of hydrogen-bond acceptors (Lipinski definition) is 2. The van der Waals surface area contributed by atoms with Crippen LogP contribution in [0.2, 0.25) is 0 Å². The molecule has 1 aliphatic heterocycles. The van der Waals surface area contributed by atoms with Gasteiger partial charge in [-0.3, -0.25) is 0 Å². The third kappa shape index (κ3) is 4.42. The van der Waals surface area contributed by atoms with Gasteiger partial charge in [0.25, 0.3) is 0 Å². The van der Waals surface area contributed by atoms with Crippen molar-refractivity contribution in [1.82, 2.24) is 10.2 Å². The monoisotopic (exact) mass is 226 g/mol. The maximum absolute atomic E-state index is 3.61. The summed E-state index contributed by atoms with van der Waals surface area (Å²) in [5.74, 6) is 1.62. The molecule has 2 nitrogen and oxygen atoms in total. The predicted octanol–water partition coefficient (Wildman–Crippen LogP) is 2.74. The molecule has 0 spiro atoms. The van der Waals surface area contributed by atoms with Gasteiger partial charge in [0.15, 0.2) is 0 Å². The van der Waals surface area contributed by atoms with Gasteiger partial charge in [0.2, 0.25) is 0 Å². The predicted molar refractivity (Wildman–Crippen MR) is 71.7 cm³/mol. The second-order valence-electron chi connectivity index (χ2n) is 6.74. The molecular weight excluding hydrogens is 196 g/mol. The van der Waals surface area contributed by atoms with Gasteiger partial charge in [-0.15, -0.1) is 0 Å². The maximum atomic E-state index is 3.61. The summed E-state index contributed by atoms with van der Waals surface area (Å²) >= 11 is 0. The zero-order valence-corrected chi connectivity index (χ0v) is 12.0. The lowest BCUT2D eigenvalue weighted by atomic mass is 10.00. The molecule has 1 heterocycles. The van der Waals surface area contributed by atoms with E-state index in [9.17, 15) is 0 Å². The number of hydrogen-bond donors (Lipinski definition) is 1. The molecule has 1 saturated heterocycles. The molecule has 0 bridgehead atoms. The molecule has 0 aliphatic carbocycles. The van der Waals surface area contributed by atoms with E-state index in [0.717, 1.165) is 18.4 Å². The molecule has 0 aromatic heterocycles. The average Bonchev–Trinajstić information content (AvgIpc) is 2.59. The quantitative estimate of drug-likeness (QED) is 0.793. The van der Waals surface area contributed by atoms with Crippen LogP contribution in [-0.4, -0.2) is 36.1 Å². The lowest BCUT2D eigenvalue weighted by Gasteiger charge is -2.32. The highest BCUT2D eigenvalue weighted by molar-refractivity contribution is 4.82. The fourth-order valence-corrected chi connectivity index (χ4v) is 2.34. The first-order valence-corrected chi connectivity index (χ1v) is 6.78. The van der Waals surface area contributed by atoms with Crippen LogP contribution in [0.3, 0.4) is 0 Å². The first-order valence-electron chi connectivity index (χ1n) is 6.78. The highest BCUT2D eigenvalue weighted by Gasteiger charge is 2.26. The summed E-state index contributed by atoms with van der Waals surface area (Å²) in [5, 5.41) is 3.61. The highest BCUT2D eigenvalue weighted by Crippen LogP contribution is 2.21. The number of likely N-dealkylation sites (tertiary alicyclic amines) is 1. The minimum absolute atomic E-state index is 0.242. The molecule has 3 unspecified atom stereocenters. The van der Waals surface area contributed by atoms with E-state index in [2.05, 4.69) is 51.8 Å². The largest absolute Gasteiger partial charge is 0.312 e. The van der Waals surface area contributed by atoms with E-state index in [0.29, 0.717) is 6.04 Å². The Labute approximate surface area is 102 Å². The number of nitrogens with one attached hydrogen (secondary N) is 1. The van der Waals surface area contributed by atoms with Crippen LogP contribution in [0.4, 0.5) is 0 Å². The summed E-state index contributed by atoms with van der Waals surface area (Å²) in [6, 6.07) is 0.708. The topological polar surface area (TPSA) is 15.3 Å². The van der Waals surface area contributed by atoms with Gasteiger partial charge in [-0.25, -0.2) is 0 Å². The molecule has 96 valence electrons. The zero-order valence-electron chi connectivity index (χ0n) is 12.0. The van der Waals surface area contributed by atoms with Crippen LogP contribution < -0.4 is 5.32 Å². The Morgan fingerprint density at radius 1 is 1.31 bits per heavy atom. The normalized spacial score (nSPS) is 27.0. The van der Waals surface area contributed by atoms with E-state index in [4.69, 9.17) is 0 Å². The van der Waals surface area contributed by atoms with Crippen LogP contribution in [-0.2, 0) is 0 Å². The lowest BCUT2D eigenvalue weighted by Crippen LogP contribution is -2.44. The molecule has 0 aromatic rings. The first-order chi connectivity index (χ1) is 7.29. The molecule has 3 atom stereocenters. The fraction of sp³-hybridized carbons (Fsp3) is 1.00. The Morgan fingerprint density at radius 2 is 1.94 bits per heavy atom. The Morgan fingerprint density at radius 3 is 2.38 bits per heavy atom. The van der Waals surface area contributed by atoms with Crippen molar-refractivity contribution in [3.05, 3.63) is 0 Å². The second kappa shape index (κ2) is 5.50. The highest BCUT2D eigenvalue weighted by atomic mass is 15.2. The van der Waals surface area contributed by atoms with Crippen molar-refractivity contribution in [3.63, 3.8) is 0 Å². The summed E-state index contributed by atoms with van der Waals surface area (Å²) < 4.78 is 0.